The summed E-state index contributed by atoms with van der Waals surface area (Å²) in [5.74, 6) is 0.280. The molecule has 2 aromatic rings. The number of halogens is 1. The smallest absolute Gasteiger partial charge is 0.343 e. The van der Waals surface area contributed by atoms with Crippen LogP contribution in [0.3, 0.4) is 0 Å². The molecule has 1 atom stereocenters. The van der Waals surface area contributed by atoms with Crippen LogP contribution in [0.5, 0.6) is 11.5 Å². The quantitative estimate of drug-likeness (QED) is 0.0668. The van der Waals surface area contributed by atoms with E-state index in [0.717, 1.165) is 18.6 Å². The van der Waals surface area contributed by atoms with E-state index < -0.39 is 11.9 Å². The minimum Gasteiger partial charge on any atom is -0.494 e. The van der Waals surface area contributed by atoms with Gasteiger partial charge in [0.05, 0.1) is 29.4 Å². The van der Waals surface area contributed by atoms with Crippen LogP contribution in [-0.4, -0.2) is 25.2 Å². The molecular formula is C37H55ClO5. The highest BCUT2D eigenvalue weighted by molar-refractivity contribution is 6.33. The van der Waals surface area contributed by atoms with Gasteiger partial charge < -0.3 is 14.2 Å². The lowest BCUT2D eigenvalue weighted by Gasteiger charge is -2.11. The van der Waals surface area contributed by atoms with E-state index in [1.807, 2.05) is 13.8 Å². The van der Waals surface area contributed by atoms with E-state index >= 15 is 0 Å². The number of rotatable bonds is 24. The number of hydrogen-bond donors (Lipinski definition) is 0. The highest BCUT2D eigenvalue weighted by atomic mass is 35.5. The van der Waals surface area contributed by atoms with Crippen molar-refractivity contribution in [2.24, 2.45) is 5.92 Å². The first-order chi connectivity index (χ1) is 20.9. The summed E-state index contributed by atoms with van der Waals surface area (Å²) in [6.45, 7) is 7.34. The van der Waals surface area contributed by atoms with Gasteiger partial charge in [0.15, 0.2) is 0 Å². The molecule has 0 saturated heterocycles. The number of carbonyl (C=O) groups is 2. The lowest BCUT2D eigenvalue weighted by Crippen LogP contribution is -2.12. The minimum absolute atomic E-state index is 0.178. The molecule has 240 valence electrons. The van der Waals surface area contributed by atoms with Crippen LogP contribution in [0, 0.1) is 5.92 Å². The molecule has 0 spiro atoms. The molecule has 0 radical (unpaired) electrons. The Kier molecular flexibility index (Phi) is 19.6. The van der Waals surface area contributed by atoms with Gasteiger partial charge in [-0.25, -0.2) is 9.59 Å². The number of hydrogen-bond acceptors (Lipinski definition) is 5. The number of unbranched alkanes of at least 4 members (excludes halogenated alkanes) is 15. The van der Waals surface area contributed by atoms with Crippen molar-refractivity contribution in [3.05, 3.63) is 58.6 Å². The lowest BCUT2D eigenvalue weighted by molar-refractivity contribution is 0.0447. The molecule has 2 rings (SSSR count). The van der Waals surface area contributed by atoms with Crippen LogP contribution in [0.25, 0.3) is 0 Å². The van der Waals surface area contributed by atoms with Gasteiger partial charge in [0, 0.05) is 6.07 Å². The van der Waals surface area contributed by atoms with Crippen molar-refractivity contribution in [1.29, 1.82) is 0 Å². The normalized spacial score (nSPS) is 11.7. The van der Waals surface area contributed by atoms with Gasteiger partial charge in [-0.15, -0.1) is 0 Å². The summed E-state index contributed by atoms with van der Waals surface area (Å²) in [5, 5.41) is 0.178. The summed E-state index contributed by atoms with van der Waals surface area (Å²) >= 11 is 6.26. The van der Waals surface area contributed by atoms with Crippen LogP contribution in [0.2, 0.25) is 5.02 Å². The maximum Gasteiger partial charge on any atom is 0.343 e. The largest absolute Gasteiger partial charge is 0.494 e. The predicted octanol–water partition coefficient (Wildman–Crippen LogP) is 11.4. The maximum atomic E-state index is 12.6. The van der Waals surface area contributed by atoms with E-state index in [0.29, 0.717) is 18.8 Å². The zero-order valence-corrected chi connectivity index (χ0v) is 27.7. The summed E-state index contributed by atoms with van der Waals surface area (Å²) in [5.41, 5.74) is 0.651. The number of esters is 2. The van der Waals surface area contributed by atoms with E-state index in [-0.39, 0.29) is 22.3 Å². The second-order valence-corrected chi connectivity index (χ2v) is 12.2. The molecule has 0 aliphatic carbocycles. The van der Waals surface area contributed by atoms with E-state index in [1.54, 1.807) is 30.3 Å². The lowest BCUT2D eigenvalue weighted by atomic mass is 10.0. The first-order valence-electron chi connectivity index (χ1n) is 16.9. The van der Waals surface area contributed by atoms with E-state index in [4.69, 9.17) is 25.8 Å². The van der Waals surface area contributed by atoms with Crippen molar-refractivity contribution < 1.29 is 23.8 Å². The molecule has 5 nitrogen and oxygen atoms in total. The molecule has 0 amide bonds. The van der Waals surface area contributed by atoms with Gasteiger partial charge >= 0.3 is 11.9 Å². The molecule has 0 saturated carbocycles. The van der Waals surface area contributed by atoms with Crippen LogP contribution in [-0.2, 0) is 4.74 Å². The summed E-state index contributed by atoms with van der Waals surface area (Å²) in [4.78, 5) is 24.9. The third-order valence-corrected chi connectivity index (χ3v) is 8.24. The molecule has 0 heterocycles. The second-order valence-electron chi connectivity index (χ2n) is 11.8. The van der Waals surface area contributed by atoms with Crippen LogP contribution in [0.4, 0.5) is 0 Å². The molecule has 0 aliphatic heterocycles. The SMILES string of the molecule is CCCCCCCCCCCCCCCCCCOc1ccc(C(=O)Oc2ccc(C(=O)OC[C@@H](C)CC)c(Cl)c2)cc1. The second kappa shape index (κ2) is 22.9. The van der Waals surface area contributed by atoms with Crippen molar-refractivity contribution >= 4 is 23.5 Å². The summed E-state index contributed by atoms with van der Waals surface area (Å²) in [7, 11) is 0. The van der Waals surface area contributed by atoms with Crippen LogP contribution in [0.15, 0.2) is 42.5 Å². The number of benzene rings is 2. The van der Waals surface area contributed by atoms with Gasteiger partial charge in [0.25, 0.3) is 0 Å². The Hall–Kier alpha value is -2.53. The highest BCUT2D eigenvalue weighted by Gasteiger charge is 2.16. The molecule has 0 aliphatic rings. The first-order valence-corrected chi connectivity index (χ1v) is 17.2. The summed E-state index contributed by atoms with van der Waals surface area (Å²) in [6, 6.07) is 11.5. The van der Waals surface area contributed by atoms with E-state index in [1.165, 1.54) is 108 Å². The topological polar surface area (TPSA) is 61.8 Å². The summed E-state index contributed by atoms with van der Waals surface area (Å²) in [6.07, 6.45) is 22.5. The molecule has 2 aromatic carbocycles. The van der Waals surface area contributed by atoms with Crippen molar-refractivity contribution in [2.75, 3.05) is 13.2 Å². The number of carbonyl (C=O) groups excluding carboxylic acids is 2. The van der Waals surface area contributed by atoms with Crippen molar-refractivity contribution in [2.45, 2.75) is 130 Å². The third-order valence-electron chi connectivity index (χ3n) is 7.92. The fourth-order valence-electron chi connectivity index (χ4n) is 4.83. The molecule has 0 aromatic heterocycles. The molecular weight excluding hydrogens is 560 g/mol. The Bertz CT molecular complexity index is 1040. The van der Waals surface area contributed by atoms with Gasteiger partial charge in [-0.2, -0.15) is 0 Å². The fraction of sp³-hybridized carbons (Fsp3) is 0.622. The Morgan fingerprint density at radius 1 is 0.674 bits per heavy atom. The Morgan fingerprint density at radius 3 is 1.70 bits per heavy atom. The zero-order chi connectivity index (χ0) is 31.1. The molecule has 43 heavy (non-hydrogen) atoms. The van der Waals surface area contributed by atoms with Crippen molar-refractivity contribution in [3.63, 3.8) is 0 Å². The van der Waals surface area contributed by atoms with E-state index in [9.17, 15) is 9.59 Å². The highest BCUT2D eigenvalue weighted by Crippen LogP contribution is 2.25. The molecule has 0 fully saturated rings. The Labute approximate surface area is 266 Å². The maximum absolute atomic E-state index is 12.6. The minimum atomic E-state index is -0.507. The van der Waals surface area contributed by atoms with Gasteiger partial charge in [0.1, 0.15) is 11.5 Å². The molecule has 6 heteroatoms. The third kappa shape index (κ3) is 16.2. The predicted molar refractivity (Wildman–Crippen MR) is 178 cm³/mol. The van der Waals surface area contributed by atoms with Crippen molar-refractivity contribution in [1.82, 2.24) is 0 Å². The monoisotopic (exact) mass is 614 g/mol. The van der Waals surface area contributed by atoms with E-state index in [2.05, 4.69) is 6.92 Å². The van der Waals surface area contributed by atoms with Gasteiger partial charge in [-0.3, -0.25) is 0 Å². The van der Waals surface area contributed by atoms with Gasteiger partial charge in [-0.1, -0.05) is 135 Å². The van der Waals surface area contributed by atoms with Gasteiger partial charge in [0.2, 0.25) is 0 Å². The van der Waals surface area contributed by atoms with Gasteiger partial charge in [-0.05, 0) is 48.7 Å². The average molecular weight is 615 g/mol. The molecule has 0 unspecified atom stereocenters. The molecule has 0 N–H and O–H groups in total. The van der Waals surface area contributed by atoms with Crippen LogP contribution < -0.4 is 9.47 Å². The van der Waals surface area contributed by atoms with Crippen LogP contribution >= 0.6 is 11.6 Å². The van der Waals surface area contributed by atoms with Crippen molar-refractivity contribution in [3.8, 4) is 11.5 Å². The zero-order valence-electron chi connectivity index (χ0n) is 27.0. The standard InChI is InChI=1S/C37H55ClO5/c1-4-6-7-8-9-10-11-12-13-14-15-16-17-18-19-20-27-41-32-23-21-31(22-24-32)36(39)43-33-25-26-34(35(38)28-33)37(40)42-29-30(3)5-2/h21-26,28,30H,4-20,27,29H2,1-3H3/t30-/m0/s1. The summed E-state index contributed by atoms with van der Waals surface area (Å²) < 4.78 is 16.6. The first kappa shape index (κ1) is 36.7. The average Bonchev–Trinajstić information content (AvgIpc) is 3.01. The Morgan fingerprint density at radius 2 is 1.19 bits per heavy atom. The Balaban J connectivity index is 1.54. The molecule has 0 bridgehead atoms. The van der Waals surface area contributed by atoms with Crippen LogP contribution in [0.1, 0.15) is 151 Å². The fourth-order valence-corrected chi connectivity index (χ4v) is 5.08. The number of ether oxygens (including phenoxy) is 3.